The number of rotatable bonds is 4. The number of hydrogen-bond donors (Lipinski definition) is 1. The zero-order chi connectivity index (χ0) is 20.8. The van der Waals surface area contributed by atoms with E-state index in [1.54, 1.807) is 0 Å². The Kier molecular flexibility index (Phi) is 5.67. The lowest BCUT2D eigenvalue weighted by Gasteiger charge is -2.48. The Balaban J connectivity index is 1.50. The average Bonchev–Trinajstić information content (AvgIpc) is 2.94. The zero-order valence-electron chi connectivity index (χ0n) is 17.9. The molecule has 6 heteroatoms. The van der Waals surface area contributed by atoms with Gasteiger partial charge in [0.15, 0.2) is 0 Å². The number of aromatic nitrogens is 1. The molecule has 1 aromatic heterocycles. The average molecular weight is 474 g/mol. The summed E-state index contributed by atoms with van der Waals surface area (Å²) >= 11 is 3.85. The third-order valence-electron chi connectivity index (χ3n) is 7.88. The summed E-state index contributed by atoms with van der Waals surface area (Å²) in [6.45, 7) is 2.68. The van der Waals surface area contributed by atoms with Gasteiger partial charge in [0.1, 0.15) is 6.10 Å². The van der Waals surface area contributed by atoms with Gasteiger partial charge in [0, 0.05) is 48.4 Å². The van der Waals surface area contributed by atoms with E-state index in [9.17, 15) is 4.79 Å². The first-order valence-corrected chi connectivity index (χ1v) is 12.2. The second-order valence-corrected chi connectivity index (χ2v) is 10.2. The number of halogens is 1. The maximum Gasteiger partial charge on any atom is 0.293 e. The fourth-order valence-corrected chi connectivity index (χ4v) is 7.01. The number of piperidine rings is 1. The van der Waals surface area contributed by atoms with E-state index in [4.69, 9.17) is 4.74 Å². The summed E-state index contributed by atoms with van der Waals surface area (Å²) in [6.07, 6.45) is 6.89. The Morgan fingerprint density at radius 3 is 2.97 bits per heavy atom. The molecule has 1 aliphatic carbocycles. The summed E-state index contributed by atoms with van der Waals surface area (Å²) in [7, 11) is 4.40. The van der Waals surface area contributed by atoms with E-state index in [0.29, 0.717) is 24.3 Å². The normalized spacial score (nSPS) is 30.5. The van der Waals surface area contributed by atoms with Crippen LogP contribution in [0.15, 0.2) is 22.8 Å². The smallest absolute Gasteiger partial charge is 0.293 e. The number of benzene rings is 1. The standard InChI is InChI=1S/C24H32BrN3O2/c1-27-13-15(23(30-14-29)19-8-4-3-5-10-26-19)11-17-16-7-6-9-20-22(16)18(12-21(17)27)24(25)28(20)2/h6-7,9,14-15,17,19,21,23,26H,3-5,8,10-13H2,1-2H3/t15?,17-,19?,21-,23?/m0/s1. The van der Waals surface area contributed by atoms with Crippen molar-refractivity contribution in [2.75, 3.05) is 20.1 Å². The molecule has 3 unspecified atom stereocenters. The first-order chi connectivity index (χ1) is 14.6. The maximum atomic E-state index is 11.4. The third kappa shape index (κ3) is 3.32. The number of likely N-dealkylation sites (N-methyl/N-ethyl adjacent to an activating group) is 1. The lowest BCUT2D eigenvalue weighted by Crippen LogP contribution is -2.54. The molecule has 5 atom stereocenters. The van der Waals surface area contributed by atoms with Crippen molar-refractivity contribution >= 4 is 33.3 Å². The maximum absolute atomic E-state index is 11.4. The molecule has 0 bridgehead atoms. The molecule has 2 fully saturated rings. The molecule has 5 rings (SSSR count). The molecule has 0 radical (unpaired) electrons. The van der Waals surface area contributed by atoms with Crippen LogP contribution < -0.4 is 5.32 Å². The van der Waals surface area contributed by atoms with Crippen molar-refractivity contribution in [1.29, 1.82) is 0 Å². The van der Waals surface area contributed by atoms with Crippen molar-refractivity contribution in [2.24, 2.45) is 13.0 Å². The molecule has 2 aliphatic heterocycles. The highest BCUT2D eigenvalue weighted by atomic mass is 79.9. The highest BCUT2D eigenvalue weighted by Gasteiger charge is 2.44. The molecular weight excluding hydrogens is 442 g/mol. The highest BCUT2D eigenvalue weighted by molar-refractivity contribution is 9.10. The number of carbonyl (C=O) groups is 1. The molecule has 0 amide bonds. The van der Waals surface area contributed by atoms with Gasteiger partial charge in [0.05, 0.1) is 4.60 Å². The van der Waals surface area contributed by atoms with Crippen LogP contribution in [0.2, 0.25) is 0 Å². The van der Waals surface area contributed by atoms with Crippen LogP contribution in [0.5, 0.6) is 0 Å². The van der Waals surface area contributed by atoms with Crippen LogP contribution in [0.4, 0.5) is 0 Å². The molecule has 162 valence electrons. The Morgan fingerprint density at radius 1 is 1.27 bits per heavy atom. The summed E-state index contributed by atoms with van der Waals surface area (Å²) in [5, 5.41) is 5.12. The summed E-state index contributed by atoms with van der Waals surface area (Å²) in [5.41, 5.74) is 4.22. The Labute approximate surface area is 187 Å². The van der Waals surface area contributed by atoms with E-state index in [1.165, 1.54) is 45.9 Å². The first kappa shape index (κ1) is 20.5. The summed E-state index contributed by atoms with van der Waals surface area (Å²) < 4.78 is 9.28. The topological polar surface area (TPSA) is 46.5 Å². The molecule has 0 saturated carbocycles. The molecular formula is C24H32BrN3O2. The minimum Gasteiger partial charge on any atom is -0.463 e. The highest BCUT2D eigenvalue weighted by Crippen LogP contribution is 2.48. The number of ether oxygens (including phenoxy) is 1. The first-order valence-electron chi connectivity index (χ1n) is 11.4. The number of hydrogen-bond acceptors (Lipinski definition) is 4. The van der Waals surface area contributed by atoms with Crippen molar-refractivity contribution in [3.8, 4) is 0 Å². The molecule has 3 heterocycles. The number of nitrogens with one attached hydrogen (secondary N) is 1. The van der Waals surface area contributed by atoms with Gasteiger partial charge in [0.2, 0.25) is 0 Å². The largest absolute Gasteiger partial charge is 0.463 e. The van der Waals surface area contributed by atoms with E-state index < -0.39 is 0 Å². The predicted octanol–water partition coefficient (Wildman–Crippen LogP) is 3.97. The van der Waals surface area contributed by atoms with Crippen molar-refractivity contribution in [3.05, 3.63) is 33.9 Å². The van der Waals surface area contributed by atoms with E-state index in [0.717, 1.165) is 32.4 Å². The lowest BCUT2D eigenvalue weighted by molar-refractivity contribution is -0.140. The van der Waals surface area contributed by atoms with Gasteiger partial charge < -0.3 is 19.5 Å². The van der Waals surface area contributed by atoms with Crippen molar-refractivity contribution in [3.63, 3.8) is 0 Å². The minimum atomic E-state index is -0.0490. The van der Waals surface area contributed by atoms with Crippen LogP contribution in [0.25, 0.3) is 10.9 Å². The van der Waals surface area contributed by atoms with Crippen LogP contribution in [0.1, 0.15) is 49.1 Å². The third-order valence-corrected chi connectivity index (χ3v) is 8.89. The molecule has 1 aromatic carbocycles. The van der Waals surface area contributed by atoms with Crippen LogP contribution >= 0.6 is 15.9 Å². The van der Waals surface area contributed by atoms with Crippen LogP contribution in [0.3, 0.4) is 0 Å². The van der Waals surface area contributed by atoms with Crippen LogP contribution in [0, 0.1) is 5.92 Å². The molecule has 3 aliphatic rings. The Hall–Kier alpha value is -1.37. The summed E-state index contributed by atoms with van der Waals surface area (Å²) in [5.74, 6) is 0.823. The van der Waals surface area contributed by atoms with Gasteiger partial charge in [-0.15, -0.1) is 0 Å². The van der Waals surface area contributed by atoms with Gasteiger partial charge in [-0.05, 0) is 72.4 Å². The lowest BCUT2D eigenvalue weighted by atomic mass is 9.70. The van der Waals surface area contributed by atoms with E-state index in [1.807, 2.05) is 0 Å². The van der Waals surface area contributed by atoms with Crippen molar-refractivity contribution in [2.45, 2.75) is 62.6 Å². The number of carbonyl (C=O) groups excluding carboxylic acids is 1. The van der Waals surface area contributed by atoms with E-state index >= 15 is 0 Å². The number of likely N-dealkylation sites (tertiary alicyclic amines) is 1. The van der Waals surface area contributed by atoms with Gasteiger partial charge in [-0.3, -0.25) is 4.79 Å². The van der Waals surface area contributed by atoms with Crippen LogP contribution in [-0.2, 0) is 23.0 Å². The fourth-order valence-electron chi connectivity index (χ4n) is 6.46. The van der Waals surface area contributed by atoms with Gasteiger partial charge in [-0.25, -0.2) is 0 Å². The van der Waals surface area contributed by atoms with Gasteiger partial charge >= 0.3 is 0 Å². The summed E-state index contributed by atoms with van der Waals surface area (Å²) in [4.78, 5) is 14.0. The van der Waals surface area contributed by atoms with Gasteiger partial charge in [-0.1, -0.05) is 25.0 Å². The van der Waals surface area contributed by atoms with E-state index in [2.05, 4.69) is 63.0 Å². The Morgan fingerprint density at radius 2 is 2.13 bits per heavy atom. The fraction of sp³-hybridized carbons (Fsp3) is 0.625. The predicted molar refractivity (Wildman–Crippen MR) is 123 cm³/mol. The second kappa shape index (κ2) is 8.29. The molecule has 0 spiro atoms. The monoisotopic (exact) mass is 473 g/mol. The van der Waals surface area contributed by atoms with Crippen LogP contribution in [-0.4, -0.2) is 54.3 Å². The second-order valence-electron chi connectivity index (χ2n) is 9.49. The quantitative estimate of drug-likeness (QED) is 0.682. The number of nitrogens with zero attached hydrogens (tertiary/aromatic N) is 2. The molecule has 5 nitrogen and oxygen atoms in total. The van der Waals surface area contributed by atoms with Gasteiger partial charge in [-0.2, -0.15) is 0 Å². The van der Waals surface area contributed by atoms with Gasteiger partial charge in [0.25, 0.3) is 6.47 Å². The SMILES string of the molecule is CN1CC(C(OC=O)C2CCCCCN2)C[C@H]2c3cccc4c3c(c(Br)n4C)C[C@@H]21. The zero-order valence-corrected chi connectivity index (χ0v) is 19.5. The number of aryl methyl sites for hydroxylation is 1. The summed E-state index contributed by atoms with van der Waals surface area (Å²) in [6, 6.07) is 7.52. The molecule has 2 saturated heterocycles. The molecule has 2 aromatic rings. The molecule has 30 heavy (non-hydrogen) atoms. The van der Waals surface area contributed by atoms with Crippen molar-refractivity contribution < 1.29 is 9.53 Å². The minimum absolute atomic E-state index is 0.0490. The van der Waals surface area contributed by atoms with E-state index in [-0.39, 0.29) is 12.1 Å². The number of fused-ring (bicyclic) bond motifs is 2. The van der Waals surface area contributed by atoms with Crippen molar-refractivity contribution in [1.82, 2.24) is 14.8 Å². The molecule has 1 N–H and O–H groups in total. The Bertz CT molecular complexity index is 934.